The van der Waals surface area contributed by atoms with Crippen LogP contribution in [0.25, 0.3) is 0 Å². The monoisotopic (exact) mass is 419 g/mol. The van der Waals surface area contributed by atoms with Crippen molar-refractivity contribution in [3.8, 4) is 0 Å². The lowest BCUT2D eigenvalue weighted by Crippen LogP contribution is -2.20. The van der Waals surface area contributed by atoms with Crippen molar-refractivity contribution in [1.82, 2.24) is 5.43 Å². The van der Waals surface area contributed by atoms with Crippen LogP contribution in [-0.2, 0) is 17.4 Å². The van der Waals surface area contributed by atoms with Crippen molar-refractivity contribution in [3.05, 3.63) is 62.0 Å². The number of hydrogen-bond acceptors (Lipinski definition) is 5. The second kappa shape index (κ2) is 7.47. The molecule has 2 rings (SSSR count). The highest BCUT2D eigenvalue weighted by atomic mass is 79.9. The van der Waals surface area contributed by atoms with Gasteiger partial charge < -0.3 is 4.42 Å². The van der Waals surface area contributed by atoms with Crippen molar-refractivity contribution >= 4 is 33.7 Å². The molecule has 0 aliphatic rings. The maximum atomic E-state index is 12.6. The number of nitrogens with one attached hydrogen (secondary N) is 1. The van der Waals surface area contributed by atoms with Crippen LogP contribution in [0.1, 0.15) is 16.9 Å². The van der Waals surface area contributed by atoms with Crippen molar-refractivity contribution < 1.29 is 27.3 Å². The second-order valence-corrected chi connectivity index (χ2v) is 5.49. The van der Waals surface area contributed by atoms with Gasteiger partial charge in [0, 0.05) is 11.6 Å². The Hall–Kier alpha value is -2.69. The standard InChI is InChI=1S/C14H9BrF3N3O4/c15-12-4-3-10(25-12)7-19-20-13(22)5-8-1-2-9(14(16,17)18)6-11(8)21(23)24/h1-4,6-7H,5H2,(H,20,22). The molecule has 0 bridgehead atoms. The summed E-state index contributed by atoms with van der Waals surface area (Å²) in [4.78, 5) is 21.7. The maximum absolute atomic E-state index is 12.6. The Morgan fingerprint density at radius 1 is 1.36 bits per heavy atom. The van der Waals surface area contributed by atoms with Crippen LogP contribution in [-0.4, -0.2) is 17.0 Å². The van der Waals surface area contributed by atoms with E-state index in [9.17, 15) is 28.1 Å². The molecule has 0 saturated carbocycles. The zero-order valence-corrected chi connectivity index (χ0v) is 13.8. The lowest BCUT2D eigenvalue weighted by molar-refractivity contribution is -0.385. The van der Waals surface area contributed by atoms with Gasteiger partial charge in [0.2, 0.25) is 5.91 Å². The number of nitrogens with zero attached hydrogens (tertiary/aromatic N) is 2. The summed E-state index contributed by atoms with van der Waals surface area (Å²) >= 11 is 3.08. The van der Waals surface area contributed by atoms with Crippen LogP contribution in [0.15, 0.2) is 44.5 Å². The third-order valence-electron chi connectivity index (χ3n) is 2.94. The minimum atomic E-state index is -4.72. The van der Waals surface area contributed by atoms with Gasteiger partial charge >= 0.3 is 6.18 Å². The van der Waals surface area contributed by atoms with Crippen LogP contribution in [0.5, 0.6) is 0 Å². The quantitative estimate of drug-likeness (QED) is 0.454. The number of halogens is 4. The average molecular weight is 420 g/mol. The zero-order chi connectivity index (χ0) is 18.6. The molecule has 0 aliphatic heterocycles. The van der Waals surface area contributed by atoms with Gasteiger partial charge in [0.1, 0.15) is 5.76 Å². The third-order valence-corrected chi connectivity index (χ3v) is 3.36. The highest BCUT2D eigenvalue weighted by molar-refractivity contribution is 9.10. The number of benzene rings is 1. The molecule has 132 valence electrons. The highest BCUT2D eigenvalue weighted by Gasteiger charge is 2.33. The number of carbonyl (C=O) groups excluding carboxylic acids is 1. The van der Waals surface area contributed by atoms with E-state index in [-0.39, 0.29) is 5.56 Å². The molecule has 0 saturated heterocycles. The van der Waals surface area contributed by atoms with E-state index in [0.717, 1.165) is 6.07 Å². The van der Waals surface area contributed by atoms with Gasteiger partial charge in [-0.05, 0) is 34.1 Å². The molecule has 0 aliphatic carbocycles. The Balaban J connectivity index is 2.09. The normalized spacial score (nSPS) is 11.7. The van der Waals surface area contributed by atoms with Gasteiger partial charge in [0.25, 0.3) is 5.69 Å². The fraction of sp³-hybridized carbons (Fsp3) is 0.143. The molecule has 7 nitrogen and oxygen atoms in total. The first kappa shape index (κ1) is 18.6. The van der Waals surface area contributed by atoms with E-state index in [1.807, 2.05) is 0 Å². The number of carbonyl (C=O) groups is 1. The predicted molar refractivity (Wildman–Crippen MR) is 83.9 cm³/mol. The van der Waals surface area contributed by atoms with Crippen molar-refractivity contribution in [2.45, 2.75) is 12.6 Å². The fourth-order valence-electron chi connectivity index (χ4n) is 1.84. The predicted octanol–water partition coefficient (Wildman–Crippen LogP) is 3.66. The molecule has 1 heterocycles. The van der Waals surface area contributed by atoms with Gasteiger partial charge in [0.15, 0.2) is 4.67 Å². The van der Waals surface area contributed by atoms with E-state index in [4.69, 9.17) is 4.42 Å². The molecule has 0 atom stereocenters. The molecule has 0 spiro atoms. The van der Waals surface area contributed by atoms with E-state index in [1.165, 1.54) is 6.21 Å². The van der Waals surface area contributed by atoms with Crippen molar-refractivity contribution in [2.24, 2.45) is 5.10 Å². The van der Waals surface area contributed by atoms with Gasteiger partial charge in [0.05, 0.1) is 23.1 Å². The Labute approximate surface area is 146 Å². The van der Waals surface area contributed by atoms with Crippen molar-refractivity contribution in [1.29, 1.82) is 0 Å². The number of hydrogen-bond donors (Lipinski definition) is 1. The van der Waals surface area contributed by atoms with Gasteiger partial charge in [-0.2, -0.15) is 18.3 Å². The summed E-state index contributed by atoms with van der Waals surface area (Å²) in [6, 6.07) is 5.15. The smallest absolute Gasteiger partial charge is 0.416 e. The van der Waals surface area contributed by atoms with Crippen LogP contribution in [0, 0.1) is 10.1 Å². The van der Waals surface area contributed by atoms with E-state index >= 15 is 0 Å². The Bertz CT molecular complexity index is 833. The number of nitro groups is 1. The van der Waals surface area contributed by atoms with E-state index in [0.29, 0.717) is 22.6 Å². The van der Waals surface area contributed by atoms with Crippen LogP contribution in [0.4, 0.5) is 18.9 Å². The van der Waals surface area contributed by atoms with E-state index in [1.54, 1.807) is 12.1 Å². The Morgan fingerprint density at radius 2 is 2.08 bits per heavy atom. The fourth-order valence-corrected chi connectivity index (χ4v) is 2.16. The zero-order valence-electron chi connectivity index (χ0n) is 12.2. The second-order valence-electron chi connectivity index (χ2n) is 4.71. The highest BCUT2D eigenvalue weighted by Crippen LogP contribution is 2.33. The van der Waals surface area contributed by atoms with Gasteiger partial charge in [-0.25, -0.2) is 5.43 Å². The Morgan fingerprint density at radius 3 is 2.64 bits per heavy atom. The molecule has 1 N–H and O–H groups in total. The van der Waals surface area contributed by atoms with Crippen LogP contribution in [0.3, 0.4) is 0 Å². The molecule has 1 amide bonds. The molecule has 1 aromatic carbocycles. The number of rotatable bonds is 5. The number of alkyl halides is 3. The summed E-state index contributed by atoms with van der Waals surface area (Å²) < 4.78 is 43.4. The summed E-state index contributed by atoms with van der Waals surface area (Å²) in [5.74, 6) is -0.391. The van der Waals surface area contributed by atoms with Crippen LogP contribution < -0.4 is 5.43 Å². The maximum Gasteiger partial charge on any atom is 0.416 e. The van der Waals surface area contributed by atoms with Gasteiger partial charge in [-0.3, -0.25) is 14.9 Å². The lowest BCUT2D eigenvalue weighted by Gasteiger charge is -2.08. The molecule has 1 aromatic heterocycles. The summed E-state index contributed by atoms with van der Waals surface area (Å²) in [6.45, 7) is 0. The first-order valence-electron chi connectivity index (χ1n) is 6.58. The summed E-state index contributed by atoms with van der Waals surface area (Å²) in [6.07, 6.45) is -4.02. The number of hydrazone groups is 1. The van der Waals surface area contributed by atoms with Crippen molar-refractivity contribution in [3.63, 3.8) is 0 Å². The first-order valence-corrected chi connectivity index (χ1v) is 7.38. The van der Waals surface area contributed by atoms with Gasteiger partial charge in [-0.1, -0.05) is 6.07 Å². The molecule has 0 unspecified atom stereocenters. The first-order chi connectivity index (χ1) is 11.7. The largest absolute Gasteiger partial charge is 0.448 e. The molecule has 0 radical (unpaired) electrons. The van der Waals surface area contributed by atoms with Gasteiger partial charge in [-0.15, -0.1) is 0 Å². The number of amides is 1. The SMILES string of the molecule is O=C(Cc1ccc(C(F)(F)F)cc1[N+](=O)[O-])NN=Cc1ccc(Br)o1. The number of furan rings is 1. The molecular weight excluding hydrogens is 411 g/mol. The summed E-state index contributed by atoms with van der Waals surface area (Å²) in [5, 5.41) is 14.5. The van der Waals surface area contributed by atoms with Crippen LogP contribution >= 0.6 is 15.9 Å². The molecule has 11 heteroatoms. The van der Waals surface area contributed by atoms with Crippen LogP contribution in [0.2, 0.25) is 0 Å². The summed E-state index contributed by atoms with van der Waals surface area (Å²) in [7, 11) is 0. The summed E-state index contributed by atoms with van der Waals surface area (Å²) in [5.41, 5.74) is -0.000721. The van der Waals surface area contributed by atoms with E-state index in [2.05, 4.69) is 26.5 Å². The molecule has 0 fully saturated rings. The molecular formula is C14H9BrF3N3O4. The topological polar surface area (TPSA) is 97.7 Å². The lowest BCUT2D eigenvalue weighted by atomic mass is 10.1. The minimum Gasteiger partial charge on any atom is -0.448 e. The Kier molecular flexibility index (Phi) is 5.57. The molecule has 25 heavy (non-hydrogen) atoms. The number of nitro benzene ring substituents is 1. The van der Waals surface area contributed by atoms with Crippen molar-refractivity contribution in [2.75, 3.05) is 0 Å². The average Bonchev–Trinajstić information content (AvgIpc) is 2.91. The molecule has 2 aromatic rings. The van der Waals surface area contributed by atoms with E-state index < -0.39 is 34.7 Å². The third kappa shape index (κ3) is 5.14. The minimum absolute atomic E-state index is 0.161.